The molecule has 6 nitrogen and oxygen atoms in total. The van der Waals surface area contributed by atoms with Gasteiger partial charge in [0.05, 0.1) is 10.8 Å². The molecule has 0 aliphatic heterocycles. The van der Waals surface area contributed by atoms with E-state index in [1.807, 2.05) is 6.92 Å². The lowest BCUT2D eigenvalue weighted by Gasteiger charge is -2.13. The van der Waals surface area contributed by atoms with Crippen LogP contribution in [0.2, 0.25) is 0 Å². The summed E-state index contributed by atoms with van der Waals surface area (Å²) < 4.78 is 11.0. The summed E-state index contributed by atoms with van der Waals surface area (Å²) in [6, 6.07) is 7.79. The van der Waals surface area contributed by atoms with Gasteiger partial charge in [-0.05, 0) is 30.2 Å². The van der Waals surface area contributed by atoms with Crippen molar-refractivity contribution in [2.45, 2.75) is 13.3 Å². The Balaban J connectivity index is 2.27. The zero-order valence-corrected chi connectivity index (χ0v) is 13.6. The highest BCUT2D eigenvalue weighted by molar-refractivity contribution is 6.28. The van der Waals surface area contributed by atoms with E-state index in [0.29, 0.717) is 17.2 Å². The van der Waals surface area contributed by atoms with E-state index in [2.05, 4.69) is 0 Å². The number of hydrogen-bond acceptors (Lipinski definition) is 6. The molecule has 0 saturated heterocycles. The van der Waals surface area contributed by atoms with Gasteiger partial charge in [0, 0.05) is 16.2 Å². The third-order valence-electron chi connectivity index (χ3n) is 4.88. The minimum absolute atomic E-state index is 0.0607. The van der Waals surface area contributed by atoms with Gasteiger partial charge >= 0.3 is 5.63 Å². The third-order valence-corrected chi connectivity index (χ3v) is 4.88. The second-order valence-corrected chi connectivity index (χ2v) is 6.27. The van der Waals surface area contributed by atoms with Crippen LogP contribution < -0.4 is 11.1 Å². The molecule has 2 N–H and O–H groups in total. The molecule has 0 saturated carbocycles. The summed E-state index contributed by atoms with van der Waals surface area (Å²) in [5, 5.41) is 22.4. The minimum atomic E-state index is -0.728. The van der Waals surface area contributed by atoms with E-state index in [-0.39, 0.29) is 49.8 Å². The standard InChI is InChI=1S/C20H12O6/c1-2-8-6-10-14-12(7-8)25-20(24)16-15(14)18(26-19(10)23)13-9(17(16)22)4-3-5-11(13)21/h3-7,22-23H,2H2,1H3. The lowest BCUT2D eigenvalue weighted by atomic mass is 9.96. The van der Waals surface area contributed by atoms with Gasteiger partial charge in [-0.2, -0.15) is 0 Å². The Bertz CT molecular complexity index is 1470. The molecule has 0 aliphatic rings. The fourth-order valence-corrected chi connectivity index (χ4v) is 3.68. The van der Waals surface area contributed by atoms with Crippen LogP contribution >= 0.6 is 0 Å². The van der Waals surface area contributed by atoms with E-state index < -0.39 is 5.63 Å². The van der Waals surface area contributed by atoms with Gasteiger partial charge in [-0.25, -0.2) is 4.79 Å². The van der Waals surface area contributed by atoms with Crippen LogP contribution in [0, 0.1) is 0 Å². The summed E-state index contributed by atoms with van der Waals surface area (Å²) in [6.07, 6.45) is 0.665. The fraction of sp³-hybridized carbons (Fsp3) is 0.100. The number of benzene rings is 3. The Morgan fingerprint density at radius 2 is 1.73 bits per heavy atom. The van der Waals surface area contributed by atoms with E-state index in [9.17, 15) is 19.8 Å². The van der Waals surface area contributed by atoms with Crippen LogP contribution in [0.4, 0.5) is 0 Å². The number of fused-ring (bicyclic) bond motifs is 2. The van der Waals surface area contributed by atoms with Crippen LogP contribution in [0.15, 0.2) is 48.8 Å². The van der Waals surface area contributed by atoms with Crippen LogP contribution in [0.3, 0.4) is 0 Å². The van der Waals surface area contributed by atoms with Crippen molar-refractivity contribution >= 4 is 43.5 Å². The molecule has 2 heterocycles. The number of phenolic OH excluding ortho intramolecular Hbond substituents is 1. The molecule has 0 bridgehead atoms. The summed E-state index contributed by atoms with van der Waals surface area (Å²) in [7, 11) is 0. The molecule has 0 unspecified atom stereocenters. The normalized spacial score (nSPS) is 12.0. The van der Waals surface area contributed by atoms with Gasteiger partial charge in [0.2, 0.25) is 0 Å². The molecule has 0 fully saturated rings. The largest absolute Gasteiger partial charge is 0.506 e. The minimum Gasteiger partial charge on any atom is -0.506 e. The summed E-state index contributed by atoms with van der Waals surface area (Å²) in [4.78, 5) is 25.0. The molecule has 0 radical (unpaired) electrons. The van der Waals surface area contributed by atoms with Crippen LogP contribution in [0.1, 0.15) is 12.5 Å². The first-order valence-electron chi connectivity index (χ1n) is 8.13. The Morgan fingerprint density at radius 3 is 2.50 bits per heavy atom. The van der Waals surface area contributed by atoms with Gasteiger partial charge in [0.15, 0.2) is 11.0 Å². The van der Waals surface area contributed by atoms with Crippen LogP contribution in [0.25, 0.3) is 43.5 Å². The maximum Gasteiger partial charge on any atom is 0.348 e. The average Bonchev–Trinajstić information content (AvgIpc) is 2.62. The zero-order chi connectivity index (χ0) is 18.2. The van der Waals surface area contributed by atoms with Gasteiger partial charge in [-0.1, -0.05) is 19.1 Å². The SMILES string of the molecule is CCc1cc2oc(=O)c3c(O)c4cccc(=O)c4c4oc(O)c(c1)c2c34. The van der Waals surface area contributed by atoms with Gasteiger partial charge in [0.1, 0.15) is 16.7 Å². The highest BCUT2D eigenvalue weighted by Crippen LogP contribution is 2.44. The second kappa shape index (κ2) is 4.76. The van der Waals surface area contributed by atoms with E-state index in [0.717, 1.165) is 5.56 Å². The first kappa shape index (κ1) is 14.8. The molecule has 128 valence electrons. The highest BCUT2D eigenvalue weighted by Gasteiger charge is 2.24. The molecule has 3 aromatic carbocycles. The first-order valence-corrected chi connectivity index (χ1v) is 8.13. The van der Waals surface area contributed by atoms with Crippen molar-refractivity contribution in [2.24, 2.45) is 0 Å². The predicted molar refractivity (Wildman–Crippen MR) is 97.4 cm³/mol. The van der Waals surface area contributed by atoms with Crippen LogP contribution in [-0.4, -0.2) is 10.2 Å². The summed E-state index contributed by atoms with van der Waals surface area (Å²) in [5.41, 5.74) is 0.0786. The summed E-state index contributed by atoms with van der Waals surface area (Å²) >= 11 is 0. The topological polar surface area (TPSA) is 101 Å². The van der Waals surface area contributed by atoms with E-state index in [1.165, 1.54) is 18.2 Å². The molecular formula is C20H12O6. The van der Waals surface area contributed by atoms with Gasteiger partial charge in [0.25, 0.3) is 5.95 Å². The molecule has 6 heteroatoms. The van der Waals surface area contributed by atoms with E-state index >= 15 is 0 Å². The fourth-order valence-electron chi connectivity index (χ4n) is 3.68. The molecule has 5 aromatic rings. The lowest BCUT2D eigenvalue weighted by molar-refractivity contribution is 0.348. The maximum absolute atomic E-state index is 12.6. The third kappa shape index (κ3) is 1.65. The van der Waals surface area contributed by atoms with Crippen LogP contribution in [0.5, 0.6) is 11.7 Å². The number of phenols is 1. The summed E-state index contributed by atoms with van der Waals surface area (Å²) in [5.74, 6) is -0.703. The summed E-state index contributed by atoms with van der Waals surface area (Å²) in [6.45, 7) is 1.93. The van der Waals surface area contributed by atoms with Gasteiger partial charge in [-0.15, -0.1) is 0 Å². The predicted octanol–water partition coefficient (Wildman–Crippen LogP) is 3.62. The Kier molecular flexibility index (Phi) is 2.70. The van der Waals surface area contributed by atoms with Crippen molar-refractivity contribution in [3.8, 4) is 11.7 Å². The molecule has 0 spiro atoms. The molecule has 0 atom stereocenters. The number of aryl methyl sites for hydroxylation is 1. The Morgan fingerprint density at radius 1 is 0.923 bits per heavy atom. The lowest BCUT2D eigenvalue weighted by Crippen LogP contribution is -2.06. The van der Waals surface area contributed by atoms with Crippen molar-refractivity contribution in [1.82, 2.24) is 0 Å². The Labute approximate surface area is 144 Å². The quantitative estimate of drug-likeness (QED) is 0.273. The van der Waals surface area contributed by atoms with Crippen molar-refractivity contribution in [2.75, 3.05) is 0 Å². The number of aromatic hydroxyl groups is 2. The number of rotatable bonds is 1. The highest BCUT2D eigenvalue weighted by atomic mass is 16.5. The second-order valence-electron chi connectivity index (χ2n) is 6.27. The molecule has 0 aliphatic carbocycles. The van der Waals surface area contributed by atoms with Crippen molar-refractivity contribution < 1.29 is 19.0 Å². The van der Waals surface area contributed by atoms with E-state index in [1.54, 1.807) is 12.1 Å². The molecule has 26 heavy (non-hydrogen) atoms. The van der Waals surface area contributed by atoms with Gasteiger partial charge < -0.3 is 19.0 Å². The smallest absolute Gasteiger partial charge is 0.348 e. The first-order chi connectivity index (χ1) is 12.5. The Hall–Kier alpha value is -3.54. The molecule has 2 aromatic heterocycles. The van der Waals surface area contributed by atoms with Crippen molar-refractivity contribution in [3.63, 3.8) is 0 Å². The van der Waals surface area contributed by atoms with Crippen molar-refractivity contribution in [1.29, 1.82) is 0 Å². The molecular weight excluding hydrogens is 336 g/mol. The van der Waals surface area contributed by atoms with Crippen LogP contribution in [-0.2, 0) is 6.42 Å². The number of hydrogen-bond donors (Lipinski definition) is 2. The van der Waals surface area contributed by atoms with E-state index in [4.69, 9.17) is 8.83 Å². The molecule has 5 rings (SSSR count). The molecule has 0 amide bonds. The van der Waals surface area contributed by atoms with Gasteiger partial charge in [-0.3, -0.25) is 4.79 Å². The maximum atomic E-state index is 12.6. The average molecular weight is 348 g/mol. The van der Waals surface area contributed by atoms with Crippen molar-refractivity contribution in [3.05, 3.63) is 56.5 Å². The monoisotopic (exact) mass is 348 g/mol. The zero-order valence-electron chi connectivity index (χ0n) is 13.6.